The molecule has 0 unspecified atom stereocenters. The van der Waals surface area contributed by atoms with Crippen LogP contribution in [0.15, 0.2) is 90.3 Å². The molecule has 35 heavy (non-hydrogen) atoms. The standard InChI is InChI=1S/C28H24N2O4S/c31-27(29-17-22-11-12-24-25(15-22)34-19-33-24)16-21-8-4-9-23(14-21)30(18-20-6-2-1-3-7-20)28(32)26-10-5-13-35-26/h1-15H,16-19H2,(H,29,31). The second kappa shape index (κ2) is 10.4. The van der Waals surface area contributed by atoms with Crippen LogP contribution in [-0.4, -0.2) is 18.6 Å². The number of carbonyl (C=O) groups is 2. The van der Waals surface area contributed by atoms with Gasteiger partial charge in [0.05, 0.1) is 17.8 Å². The van der Waals surface area contributed by atoms with Gasteiger partial charge in [-0.25, -0.2) is 0 Å². The third-order valence-electron chi connectivity index (χ3n) is 5.67. The number of benzene rings is 3. The first-order valence-electron chi connectivity index (χ1n) is 11.3. The molecule has 1 aliphatic heterocycles. The van der Waals surface area contributed by atoms with E-state index in [-0.39, 0.29) is 25.0 Å². The van der Waals surface area contributed by atoms with Gasteiger partial charge in [-0.1, -0.05) is 54.6 Å². The molecule has 0 aliphatic carbocycles. The summed E-state index contributed by atoms with van der Waals surface area (Å²) in [5.41, 5.74) is 3.56. The number of rotatable bonds is 8. The third kappa shape index (κ3) is 5.53. The van der Waals surface area contributed by atoms with Crippen molar-refractivity contribution in [2.75, 3.05) is 11.7 Å². The first-order chi connectivity index (χ1) is 17.2. The van der Waals surface area contributed by atoms with Crippen molar-refractivity contribution in [3.8, 4) is 11.5 Å². The van der Waals surface area contributed by atoms with Gasteiger partial charge in [-0.3, -0.25) is 9.59 Å². The van der Waals surface area contributed by atoms with Gasteiger partial charge in [-0.15, -0.1) is 11.3 Å². The van der Waals surface area contributed by atoms with Crippen LogP contribution in [-0.2, 0) is 24.3 Å². The smallest absolute Gasteiger partial charge is 0.268 e. The highest BCUT2D eigenvalue weighted by atomic mass is 32.1. The number of thiophene rings is 1. The zero-order valence-corrected chi connectivity index (χ0v) is 19.8. The number of amides is 2. The molecule has 4 aromatic rings. The van der Waals surface area contributed by atoms with Gasteiger partial charge in [0.25, 0.3) is 5.91 Å². The van der Waals surface area contributed by atoms with Crippen molar-refractivity contribution in [3.05, 3.63) is 112 Å². The minimum atomic E-state index is -0.0981. The summed E-state index contributed by atoms with van der Waals surface area (Å²) in [6, 6.07) is 26.8. The zero-order valence-electron chi connectivity index (χ0n) is 19.0. The molecule has 1 aliphatic rings. The van der Waals surface area contributed by atoms with Crippen molar-refractivity contribution in [2.24, 2.45) is 0 Å². The predicted octanol–water partition coefficient (Wildman–Crippen LogP) is 5.18. The Morgan fingerprint density at radius 1 is 0.829 bits per heavy atom. The third-order valence-corrected chi connectivity index (χ3v) is 6.53. The van der Waals surface area contributed by atoms with Crippen LogP contribution in [0.2, 0.25) is 0 Å². The number of nitrogens with one attached hydrogen (secondary N) is 1. The van der Waals surface area contributed by atoms with Gasteiger partial charge in [-0.05, 0) is 52.4 Å². The van der Waals surface area contributed by atoms with Gasteiger partial charge in [0.2, 0.25) is 12.7 Å². The van der Waals surface area contributed by atoms with Crippen LogP contribution >= 0.6 is 11.3 Å². The number of hydrogen-bond donors (Lipinski definition) is 1. The van der Waals surface area contributed by atoms with Gasteiger partial charge in [0, 0.05) is 12.2 Å². The molecule has 176 valence electrons. The Morgan fingerprint density at radius 2 is 1.66 bits per heavy atom. The Morgan fingerprint density at radius 3 is 2.49 bits per heavy atom. The molecule has 0 saturated carbocycles. The molecular weight excluding hydrogens is 460 g/mol. The molecule has 0 saturated heterocycles. The van der Waals surface area contributed by atoms with Gasteiger partial charge in [-0.2, -0.15) is 0 Å². The monoisotopic (exact) mass is 484 g/mol. The normalized spacial score (nSPS) is 11.8. The van der Waals surface area contributed by atoms with E-state index >= 15 is 0 Å². The van der Waals surface area contributed by atoms with E-state index in [4.69, 9.17) is 9.47 Å². The lowest BCUT2D eigenvalue weighted by Crippen LogP contribution is -2.30. The molecule has 0 radical (unpaired) electrons. The number of nitrogens with zero attached hydrogens (tertiary/aromatic N) is 1. The maximum absolute atomic E-state index is 13.3. The van der Waals surface area contributed by atoms with Crippen molar-refractivity contribution in [2.45, 2.75) is 19.5 Å². The molecule has 0 spiro atoms. The highest BCUT2D eigenvalue weighted by Gasteiger charge is 2.20. The Hall–Kier alpha value is -4.10. The van der Waals surface area contributed by atoms with Crippen LogP contribution in [0.5, 0.6) is 11.5 Å². The van der Waals surface area contributed by atoms with E-state index in [1.807, 2.05) is 90.3 Å². The second-order valence-electron chi connectivity index (χ2n) is 8.17. The van der Waals surface area contributed by atoms with E-state index in [1.165, 1.54) is 11.3 Å². The summed E-state index contributed by atoms with van der Waals surface area (Å²) in [5.74, 6) is 1.25. The number of ether oxygens (including phenoxy) is 2. The van der Waals surface area contributed by atoms with E-state index in [1.54, 1.807) is 4.90 Å². The Kier molecular flexibility index (Phi) is 6.77. The number of hydrogen-bond acceptors (Lipinski definition) is 5. The molecule has 3 aromatic carbocycles. The first kappa shape index (κ1) is 22.7. The molecule has 2 heterocycles. The minimum Gasteiger partial charge on any atom is -0.454 e. The predicted molar refractivity (Wildman–Crippen MR) is 136 cm³/mol. The quantitative estimate of drug-likeness (QED) is 0.374. The lowest BCUT2D eigenvalue weighted by molar-refractivity contribution is -0.120. The maximum Gasteiger partial charge on any atom is 0.268 e. The highest BCUT2D eigenvalue weighted by Crippen LogP contribution is 2.32. The van der Waals surface area contributed by atoms with Gasteiger partial charge in [0.15, 0.2) is 11.5 Å². The van der Waals surface area contributed by atoms with Crippen molar-refractivity contribution < 1.29 is 19.1 Å². The Balaban J connectivity index is 1.29. The minimum absolute atomic E-state index is 0.0618. The zero-order chi connectivity index (χ0) is 24.0. The maximum atomic E-state index is 13.3. The average molecular weight is 485 g/mol. The van der Waals surface area contributed by atoms with Gasteiger partial charge >= 0.3 is 0 Å². The summed E-state index contributed by atoms with van der Waals surface area (Å²) in [6.45, 7) is 1.06. The van der Waals surface area contributed by atoms with Crippen molar-refractivity contribution >= 4 is 28.8 Å². The number of carbonyl (C=O) groups excluding carboxylic acids is 2. The fourth-order valence-corrected chi connectivity index (χ4v) is 4.59. The van der Waals surface area contributed by atoms with Crippen LogP contribution in [0.4, 0.5) is 5.69 Å². The highest BCUT2D eigenvalue weighted by molar-refractivity contribution is 7.12. The van der Waals surface area contributed by atoms with E-state index < -0.39 is 0 Å². The lowest BCUT2D eigenvalue weighted by Gasteiger charge is -2.23. The van der Waals surface area contributed by atoms with Gasteiger partial charge < -0.3 is 19.7 Å². The first-order valence-corrected chi connectivity index (χ1v) is 12.2. The van der Waals surface area contributed by atoms with Crippen molar-refractivity contribution in [1.29, 1.82) is 0 Å². The number of anilines is 1. The van der Waals surface area contributed by atoms with E-state index in [0.717, 1.165) is 22.4 Å². The molecule has 0 atom stereocenters. The van der Waals surface area contributed by atoms with Crippen LogP contribution in [0.1, 0.15) is 26.4 Å². The number of fused-ring (bicyclic) bond motifs is 1. The Labute approximate surface area is 207 Å². The van der Waals surface area contributed by atoms with Crippen molar-refractivity contribution in [1.82, 2.24) is 5.32 Å². The van der Waals surface area contributed by atoms with Crippen LogP contribution in [0, 0.1) is 0 Å². The van der Waals surface area contributed by atoms with Crippen LogP contribution < -0.4 is 19.7 Å². The van der Waals surface area contributed by atoms with E-state index in [9.17, 15) is 9.59 Å². The summed E-state index contributed by atoms with van der Waals surface area (Å²) in [4.78, 5) is 28.4. The molecule has 0 bridgehead atoms. The van der Waals surface area contributed by atoms with Crippen LogP contribution in [0.3, 0.4) is 0 Å². The molecule has 0 fully saturated rings. The lowest BCUT2D eigenvalue weighted by atomic mass is 10.1. The summed E-state index contributed by atoms with van der Waals surface area (Å²) in [7, 11) is 0. The summed E-state index contributed by atoms with van der Waals surface area (Å²) >= 11 is 1.42. The molecule has 2 amide bonds. The summed E-state index contributed by atoms with van der Waals surface area (Å²) < 4.78 is 10.7. The molecular formula is C28H24N2O4S. The summed E-state index contributed by atoms with van der Waals surface area (Å²) in [6.07, 6.45) is 0.213. The summed E-state index contributed by atoms with van der Waals surface area (Å²) in [5, 5.41) is 4.86. The largest absolute Gasteiger partial charge is 0.454 e. The fourth-order valence-electron chi connectivity index (χ4n) is 3.91. The SMILES string of the molecule is O=C(Cc1cccc(N(Cc2ccccc2)C(=O)c2cccs2)c1)NCc1ccc2c(c1)OCO2. The topological polar surface area (TPSA) is 67.9 Å². The average Bonchev–Trinajstić information content (AvgIpc) is 3.59. The second-order valence-corrected chi connectivity index (χ2v) is 9.11. The molecule has 1 N–H and O–H groups in total. The van der Waals surface area contributed by atoms with Gasteiger partial charge in [0.1, 0.15) is 0 Å². The van der Waals surface area contributed by atoms with E-state index in [0.29, 0.717) is 29.5 Å². The molecule has 5 rings (SSSR count). The van der Waals surface area contributed by atoms with Crippen molar-refractivity contribution in [3.63, 3.8) is 0 Å². The molecule has 7 heteroatoms. The Bertz CT molecular complexity index is 1320. The molecule has 1 aromatic heterocycles. The molecule has 6 nitrogen and oxygen atoms in total. The fraction of sp³-hybridized carbons (Fsp3) is 0.143. The van der Waals surface area contributed by atoms with Crippen LogP contribution in [0.25, 0.3) is 0 Å². The van der Waals surface area contributed by atoms with E-state index in [2.05, 4.69) is 5.32 Å².